The van der Waals surface area contributed by atoms with E-state index in [-0.39, 0.29) is 0 Å². The number of imidazole rings is 1. The number of hydrogen-bond acceptors (Lipinski definition) is 2. The minimum Gasteiger partial charge on any atom is -0.331 e. The number of nitrogens with zero attached hydrogens (tertiary/aromatic N) is 2. The molecule has 0 fully saturated rings. The Morgan fingerprint density at radius 1 is 1.28 bits per heavy atom. The summed E-state index contributed by atoms with van der Waals surface area (Å²) in [4.78, 5) is 4.43. The van der Waals surface area contributed by atoms with Gasteiger partial charge >= 0.3 is 0 Å². The predicted molar refractivity (Wildman–Crippen MR) is 74.2 cm³/mol. The van der Waals surface area contributed by atoms with E-state index in [0.717, 1.165) is 18.8 Å². The summed E-state index contributed by atoms with van der Waals surface area (Å²) in [5.74, 6) is 1.78. The third-order valence-electron chi connectivity index (χ3n) is 2.97. The van der Waals surface area contributed by atoms with Crippen molar-refractivity contribution in [3.05, 3.63) is 53.6 Å². The Balaban J connectivity index is 2.15. The second-order valence-electron chi connectivity index (χ2n) is 5.09. The first-order valence-corrected chi connectivity index (χ1v) is 6.47. The number of benzene rings is 1. The zero-order valence-corrected chi connectivity index (χ0v) is 11.1. The van der Waals surface area contributed by atoms with Gasteiger partial charge in [0.2, 0.25) is 0 Å². The number of aromatic nitrogens is 2. The Kier molecular flexibility index (Phi) is 4.15. The minimum absolute atomic E-state index is 0.594. The molecule has 18 heavy (non-hydrogen) atoms. The lowest BCUT2D eigenvalue weighted by atomic mass is 10.1. The van der Waals surface area contributed by atoms with Crippen molar-refractivity contribution in [3.63, 3.8) is 0 Å². The van der Waals surface area contributed by atoms with Crippen molar-refractivity contribution in [2.45, 2.75) is 33.4 Å². The van der Waals surface area contributed by atoms with Gasteiger partial charge in [-0.15, -0.1) is 0 Å². The lowest BCUT2D eigenvalue weighted by Gasteiger charge is -2.10. The molecule has 3 nitrogen and oxygen atoms in total. The molecule has 0 aliphatic carbocycles. The van der Waals surface area contributed by atoms with Crippen molar-refractivity contribution in [1.29, 1.82) is 0 Å². The average molecular weight is 243 g/mol. The van der Waals surface area contributed by atoms with E-state index in [1.54, 1.807) is 0 Å². The molecule has 2 rings (SSSR count). The van der Waals surface area contributed by atoms with Crippen molar-refractivity contribution >= 4 is 0 Å². The fourth-order valence-electron chi connectivity index (χ4n) is 2.09. The zero-order chi connectivity index (χ0) is 13.0. The van der Waals surface area contributed by atoms with Gasteiger partial charge in [-0.1, -0.05) is 38.1 Å². The Labute approximate surface area is 109 Å². The van der Waals surface area contributed by atoms with E-state index >= 15 is 0 Å². The molecule has 0 aliphatic heterocycles. The van der Waals surface area contributed by atoms with Crippen molar-refractivity contribution in [2.24, 2.45) is 11.7 Å². The molecule has 0 saturated carbocycles. The standard InChI is InChI=1S/C15H21N3/c1-12(2)8-15-17-6-7-18(15)11-14-5-3-4-13(9-14)10-16/h3-7,9,12H,8,10-11,16H2,1-2H3. The highest BCUT2D eigenvalue weighted by Crippen LogP contribution is 2.11. The summed E-state index contributed by atoms with van der Waals surface area (Å²) in [6.07, 6.45) is 4.95. The fourth-order valence-corrected chi connectivity index (χ4v) is 2.09. The molecule has 96 valence electrons. The summed E-state index contributed by atoms with van der Waals surface area (Å²) >= 11 is 0. The van der Waals surface area contributed by atoms with Gasteiger partial charge in [-0.25, -0.2) is 4.98 Å². The first kappa shape index (κ1) is 12.8. The van der Waals surface area contributed by atoms with Crippen LogP contribution in [0.2, 0.25) is 0 Å². The maximum atomic E-state index is 5.67. The first-order chi connectivity index (χ1) is 8.69. The molecule has 1 aromatic heterocycles. The largest absolute Gasteiger partial charge is 0.331 e. The third-order valence-corrected chi connectivity index (χ3v) is 2.97. The quantitative estimate of drug-likeness (QED) is 0.877. The summed E-state index contributed by atoms with van der Waals surface area (Å²) < 4.78 is 2.22. The molecule has 0 amide bonds. The minimum atomic E-state index is 0.594. The summed E-state index contributed by atoms with van der Waals surface area (Å²) in [6.45, 7) is 5.90. The molecule has 0 aliphatic rings. The second-order valence-corrected chi connectivity index (χ2v) is 5.09. The van der Waals surface area contributed by atoms with E-state index in [0.29, 0.717) is 12.5 Å². The highest BCUT2D eigenvalue weighted by Gasteiger charge is 2.06. The molecule has 0 radical (unpaired) electrons. The van der Waals surface area contributed by atoms with Gasteiger partial charge in [0.25, 0.3) is 0 Å². The van der Waals surface area contributed by atoms with Gasteiger partial charge in [-0.2, -0.15) is 0 Å². The van der Waals surface area contributed by atoms with Crippen molar-refractivity contribution in [3.8, 4) is 0 Å². The maximum absolute atomic E-state index is 5.67. The fraction of sp³-hybridized carbons (Fsp3) is 0.400. The van der Waals surface area contributed by atoms with Crippen molar-refractivity contribution in [1.82, 2.24) is 9.55 Å². The SMILES string of the molecule is CC(C)Cc1nccn1Cc1cccc(CN)c1. The topological polar surface area (TPSA) is 43.8 Å². The Morgan fingerprint density at radius 3 is 2.78 bits per heavy atom. The van der Waals surface area contributed by atoms with Gasteiger partial charge in [0.1, 0.15) is 5.82 Å². The van der Waals surface area contributed by atoms with E-state index in [4.69, 9.17) is 5.73 Å². The molecule has 2 N–H and O–H groups in total. The Bertz CT molecular complexity index is 500. The van der Waals surface area contributed by atoms with E-state index in [2.05, 4.69) is 47.7 Å². The van der Waals surface area contributed by atoms with Crippen LogP contribution in [0.25, 0.3) is 0 Å². The van der Waals surface area contributed by atoms with Gasteiger partial charge in [0, 0.05) is 31.9 Å². The number of nitrogens with two attached hydrogens (primary N) is 1. The van der Waals surface area contributed by atoms with Crippen LogP contribution in [0.15, 0.2) is 36.7 Å². The average Bonchev–Trinajstić information content (AvgIpc) is 2.76. The summed E-state index contributed by atoms with van der Waals surface area (Å²) in [5, 5.41) is 0. The van der Waals surface area contributed by atoms with E-state index in [9.17, 15) is 0 Å². The van der Waals surface area contributed by atoms with Gasteiger partial charge in [0.05, 0.1) is 0 Å². The molecular formula is C15H21N3. The molecule has 0 spiro atoms. The maximum Gasteiger partial charge on any atom is 0.109 e. The zero-order valence-electron chi connectivity index (χ0n) is 11.1. The van der Waals surface area contributed by atoms with Crippen LogP contribution in [0, 0.1) is 5.92 Å². The molecule has 1 aromatic carbocycles. The van der Waals surface area contributed by atoms with Crippen LogP contribution < -0.4 is 5.73 Å². The number of hydrogen-bond donors (Lipinski definition) is 1. The molecule has 2 aromatic rings. The Hall–Kier alpha value is -1.61. The monoisotopic (exact) mass is 243 g/mol. The van der Waals surface area contributed by atoms with E-state index < -0.39 is 0 Å². The van der Waals surface area contributed by atoms with Crippen LogP contribution in [-0.2, 0) is 19.5 Å². The van der Waals surface area contributed by atoms with Gasteiger partial charge in [-0.05, 0) is 17.0 Å². The lowest BCUT2D eigenvalue weighted by molar-refractivity contribution is 0.590. The molecule has 0 bridgehead atoms. The summed E-state index contributed by atoms with van der Waals surface area (Å²) in [7, 11) is 0. The Morgan fingerprint density at radius 2 is 2.06 bits per heavy atom. The van der Waals surface area contributed by atoms with Crippen molar-refractivity contribution < 1.29 is 0 Å². The molecule has 0 saturated heterocycles. The van der Waals surface area contributed by atoms with Gasteiger partial charge in [-0.3, -0.25) is 0 Å². The van der Waals surface area contributed by atoms with Crippen LogP contribution in [-0.4, -0.2) is 9.55 Å². The van der Waals surface area contributed by atoms with Gasteiger partial charge < -0.3 is 10.3 Å². The predicted octanol–water partition coefficient (Wildman–Crippen LogP) is 2.59. The van der Waals surface area contributed by atoms with Crippen LogP contribution in [0.5, 0.6) is 0 Å². The normalized spacial score (nSPS) is 11.1. The molecular weight excluding hydrogens is 222 g/mol. The van der Waals surface area contributed by atoms with Crippen LogP contribution >= 0.6 is 0 Å². The van der Waals surface area contributed by atoms with E-state index in [1.165, 1.54) is 11.1 Å². The molecule has 0 atom stereocenters. The van der Waals surface area contributed by atoms with Crippen LogP contribution in [0.4, 0.5) is 0 Å². The second kappa shape index (κ2) is 5.83. The molecule has 3 heteroatoms. The smallest absolute Gasteiger partial charge is 0.109 e. The number of rotatable bonds is 5. The highest BCUT2D eigenvalue weighted by atomic mass is 15.1. The van der Waals surface area contributed by atoms with Gasteiger partial charge in [0.15, 0.2) is 0 Å². The first-order valence-electron chi connectivity index (χ1n) is 6.47. The lowest BCUT2D eigenvalue weighted by Crippen LogP contribution is -2.08. The van der Waals surface area contributed by atoms with E-state index in [1.807, 2.05) is 12.4 Å². The highest BCUT2D eigenvalue weighted by molar-refractivity contribution is 5.23. The molecule has 1 heterocycles. The third kappa shape index (κ3) is 3.20. The van der Waals surface area contributed by atoms with Crippen LogP contribution in [0.3, 0.4) is 0 Å². The molecule has 0 unspecified atom stereocenters. The van der Waals surface area contributed by atoms with Crippen LogP contribution in [0.1, 0.15) is 30.8 Å². The summed E-state index contributed by atoms with van der Waals surface area (Å²) in [6, 6.07) is 8.43. The summed E-state index contributed by atoms with van der Waals surface area (Å²) in [5.41, 5.74) is 8.13. The van der Waals surface area contributed by atoms with Crippen molar-refractivity contribution in [2.75, 3.05) is 0 Å².